The van der Waals surface area contributed by atoms with Crippen LogP contribution < -0.4 is 10.5 Å². The van der Waals surface area contributed by atoms with Gasteiger partial charge in [0.25, 0.3) is 0 Å². The summed E-state index contributed by atoms with van der Waals surface area (Å²) < 4.78 is 7.24. The van der Waals surface area contributed by atoms with E-state index in [4.69, 9.17) is 10.5 Å². The number of ether oxygens (including phenoxy) is 1. The first-order valence-electron chi connectivity index (χ1n) is 5.12. The second-order valence-electron chi connectivity index (χ2n) is 3.65. The largest absolute Gasteiger partial charge is 0.495 e. The highest BCUT2D eigenvalue weighted by Crippen LogP contribution is 2.23. The highest BCUT2D eigenvalue weighted by molar-refractivity contribution is 5.49. The van der Waals surface area contributed by atoms with E-state index >= 15 is 0 Å². The Kier molecular flexibility index (Phi) is 2.92. The number of hydrogen-bond donors (Lipinski definition) is 1. The van der Waals surface area contributed by atoms with Gasteiger partial charge in [-0.15, -0.1) is 0 Å². The van der Waals surface area contributed by atoms with E-state index in [2.05, 4.69) is 11.1 Å². The molecule has 0 fully saturated rings. The van der Waals surface area contributed by atoms with Gasteiger partial charge in [0.05, 0.1) is 24.8 Å². The smallest absolute Gasteiger partial charge is 0.142 e. The van der Waals surface area contributed by atoms with Crippen LogP contribution in [0.25, 0.3) is 5.69 Å². The molecular weight excluding hydrogens is 202 g/mol. The van der Waals surface area contributed by atoms with Crippen LogP contribution in [0.3, 0.4) is 0 Å². The van der Waals surface area contributed by atoms with Crippen molar-refractivity contribution in [2.75, 3.05) is 7.11 Å². The van der Waals surface area contributed by atoms with Crippen molar-refractivity contribution in [3.05, 3.63) is 42.0 Å². The second-order valence-corrected chi connectivity index (χ2v) is 3.65. The first kappa shape index (κ1) is 10.7. The van der Waals surface area contributed by atoms with E-state index in [1.807, 2.05) is 29.8 Å². The van der Waals surface area contributed by atoms with Crippen LogP contribution >= 0.6 is 0 Å². The van der Waals surface area contributed by atoms with Crippen molar-refractivity contribution in [3.63, 3.8) is 0 Å². The summed E-state index contributed by atoms with van der Waals surface area (Å²) in [5.74, 6) is 0.826. The molecule has 2 N–H and O–H groups in total. The molecule has 0 aliphatic rings. The summed E-state index contributed by atoms with van der Waals surface area (Å²) in [7, 11) is 1.66. The molecule has 4 nitrogen and oxygen atoms in total. The Balaban J connectivity index is 2.49. The lowest BCUT2D eigenvalue weighted by Gasteiger charge is -2.09. The van der Waals surface area contributed by atoms with E-state index in [1.165, 1.54) is 5.56 Å². The summed E-state index contributed by atoms with van der Waals surface area (Å²) in [5.41, 5.74) is 8.56. The zero-order chi connectivity index (χ0) is 11.5. The topological polar surface area (TPSA) is 53.1 Å². The van der Waals surface area contributed by atoms with Crippen molar-refractivity contribution in [1.82, 2.24) is 9.55 Å². The standard InChI is InChI=1S/C12H15N3O/c1-9-3-4-12(16-2)11(5-9)15-7-10(6-13)14-8-15/h3-5,7-8H,6,13H2,1-2H3. The Labute approximate surface area is 94.7 Å². The van der Waals surface area contributed by atoms with Gasteiger partial charge in [-0.25, -0.2) is 4.98 Å². The molecule has 0 spiro atoms. The highest BCUT2D eigenvalue weighted by Gasteiger charge is 2.06. The van der Waals surface area contributed by atoms with Crippen LogP contribution in [0.5, 0.6) is 5.75 Å². The van der Waals surface area contributed by atoms with Crippen molar-refractivity contribution in [2.45, 2.75) is 13.5 Å². The molecular formula is C12H15N3O. The zero-order valence-corrected chi connectivity index (χ0v) is 9.47. The SMILES string of the molecule is COc1ccc(C)cc1-n1cnc(CN)c1. The maximum absolute atomic E-state index is 5.53. The highest BCUT2D eigenvalue weighted by atomic mass is 16.5. The number of benzene rings is 1. The van der Waals surface area contributed by atoms with Gasteiger partial charge < -0.3 is 15.0 Å². The van der Waals surface area contributed by atoms with Crippen LogP contribution in [0.2, 0.25) is 0 Å². The maximum atomic E-state index is 5.53. The number of methoxy groups -OCH3 is 1. The number of rotatable bonds is 3. The minimum atomic E-state index is 0.446. The summed E-state index contributed by atoms with van der Waals surface area (Å²) in [6.07, 6.45) is 3.66. The van der Waals surface area contributed by atoms with Crippen molar-refractivity contribution >= 4 is 0 Å². The third-order valence-corrected chi connectivity index (χ3v) is 2.46. The molecule has 4 heteroatoms. The predicted molar refractivity (Wildman–Crippen MR) is 62.7 cm³/mol. The van der Waals surface area contributed by atoms with Gasteiger partial charge in [0, 0.05) is 12.7 Å². The van der Waals surface area contributed by atoms with Gasteiger partial charge >= 0.3 is 0 Å². The summed E-state index contributed by atoms with van der Waals surface area (Å²) >= 11 is 0. The van der Waals surface area contributed by atoms with Crippen molar-refractivity contribution in [2.24, 2.45) is 5.73 Å². The van der Waals surface area contributed by atoms with Crippen molar-refractivity contribution < 1.29 is 4.74 Å². The molecule has 0 amide bonds. The van der Waals surface area contributed by atoms with E-state index in [-0.39, 0.29) is 0 Å². The molecule has 2 rings (SSSR count). The van der Waals surface area contributed by atoms with E-state index < -0.39 is 0 Å². The number of imidazole rings is 1. The Morgan fingerprint density at radius 1 is 1.44 bits per heavy atom. The van der Waals surface area contributed by atoms with Gasteiger partial charge in [-0.05, 0) is 24.6 Å². The van der Waals surface area contributed by atoms with E-state index in [0.717, 1.165) is 17.1 Å². The molecule has 2 aromatic rings. The first-order valence-corrected chi connectivity index (χ1v) is 5.12. The lowest BCUT2D eigenvalue weighted by molar-refractivity contribution is 0.413. The lowest BCUT2D eigenvalue weighted by atomic mass is 10.2. The average molecular weight is 217 g/mol. The molecule has 0 atom stereocenters. The number of nitrogens with zero attached hydrogens (tertiary/aromatic N) is 2. The molecule has 84 valence electrons. The van der Waals surface area contributed by atoms with Crippen LogP contribution in [-0.4, -0.2) is 16.7 Å². The van der Waals surface area contributed by atoms with Gasteiger partial charge in [-0.1, -0.05) is 6.07 Å². The Morgan fingerprint density at radius 2 is 2.25 bits per heavy atom. The fraction of sp³-hybridized carbons (Fsp3) is 0.250. The Bertz CT molecular complexity index is 491. The molecule has 1 heterocycles. The van der Waals surface area contributed by atoms with E-state index in [1.54, 1.807) is 13.4 Å². The number of hydrogen-bond acceptors (Lipinski definition) is 3. The van der Waals surface area contributed by atoms with Gasteiger partial charge in [0.1, 0.15) is 5.75 Å². The number of aromatic nitrogens is 2. The molecule has 0 unspecified atom stereocenters. The van der Waals surface area contributed by atoms with Gasteiger partial charge in [0.15, 0.2) is 0 Å². The molecule has 0 saturated heterocycles. The molecule has 1 aromatic heterocycles. The molecule has 0 aliphatic carbocycles. The third-order valence-electron chi connectivity index (χ3n) is 2.46. The second kappa shape index (κ2) is 4.37. The predicted octanol–water partition coefficient (Wildman–Crippen LogP) is 1.65. The maximum Gasteiger partial charge on any atom is 0.142 e. The first-order chi connectivity index (χ1) is 7.74. The lowest BCUT2D eigenvalue weighted by Crippen LogP contribution is -1.97. The average Bonchev–Trinajstić information content (AvgIpc) is 2.77. The molecule has 0 bridgehead atoms. The van der Waals surface area contributed by atoms with Crippen LogP contribution in [0.4, 0.5) is 0 Å². The van der Waals surface area contributed by atoms with Gasteiger partial charge in [0.2, 0.25) is 0 Å². The molecule has 0 radical (unpaired) electrons. The normalized spacial score (nSPS) is 10.4. The van der Waals surface area contributed by atoms with E-state index in [9.17, 15) is 0 Å². The fourth-order valence-electron chi connectivity index (χ4n) is 1.60. The summed E-state index contributed by atoms with van der Waals surface area (Å²) in [5, 5.41) is 0. The van der Waals surface area contributed by atoms with Gasteiger partial charge in [-0.2, -0.15) is 0 Å². The van der Waals surface area contributed by atoms with Crippen LogP contribution in [0.15, 0.2) is 30.7 Å². The van der Waals surface area contributed by atoms with Gasteiger partial charge in [-0.3, -0.25) is 0 Å². The Hall–Kier alpha value is -1.81. The Morgan fingerprint density at radius 3 is 2.88 bits per heavy atom. The molecule has 0 saturated carbocycles. The summed E-state index contributed by atoms with van der Waals surface area (Å²) in [6.45, 7) is 2.49. The van der Waals surface area contributed by atoms with Crippen LogP contribution in [0, 0.1) is 6.92 Å². The molecule has 16 heavy (non-hydrogen) atoms. The molecule has 1 aromatic carbocycles. The number of nitrogens with two attached hydrogens (primary N) is 1. The van der Waals surface area contributed by atoms with Crippen molar-refractivity contribution in [1.29, 1.82) is 0 Å². The summed E-state index contributed by atoms with van der Waals surface area (Å²) in [6, 6.07) is 6.02. The van der Waals surface area contributed by atoms with Crippen molar-refractivity contribution in [3.8, 4) is 11.4 Å². The monoisotopic (exact) mass is 217 g/mol. The zero-order valence-electron chi connectivity index (χ0n) is 9.47. The van der Waals surface area contributed by atoms with E-state index in [0.29, 0.717) is 6.54 Å². The number of aryl methyl sites for hydroxylation is 1. The minimum Gasteiger partial charge on any atom is -0.495 e. The molecule has 0 aliphatic heterocycles. The summed E-state index contributed by atoms with van der Waals surface area (Å²) in [4.78, 5) is 4.20. The van der Waals surface area contributed by atoms with Crippen LogP contribution in [-0.2, 0) is 6.54 Å². The fourth-order valence-corrected chi connectivity index (χ4v) is 1.60. The van der Waals surface area contributed by atoms with Crippen LogP contribution in [0.1, 0.15) is 11.3 Å². The minimum absolute atomic E-state index is 0.446. The quantitative estimate of drug-likeness (QED) is 0.850. The third kappa shape index (κ3) is 1.92.